The summed E-state index contributed by atoms with van der Waals surface area (Å²) in [4.78, 5) is 5.58. The maximum Gasteiger partial charge on any atom is 0.125 e. The van der Waals surface area contributed by atoms with Gasteiger partial charge in [-0.05, 0) is 37.7 Å². The Hall–Kier alpha value is -1.48. The standard InChI is InChI=1S/C13H16N2O/c1-15-6-5-9(8-15)10-7-14-11-3-2-4-12(16)13(10)11/h2-4,7,9,14,16H,5-6,8H2,1H3/t9-/m1/s1. The van der Waals surface area contributed by atoms with Crippen molar-refractivity contribution in [1.29, 1.82) is 0 Å². The van der Waals surface area contributed by atoms with E-state index in [2.05, 4.69) is 16.9 Å². The molecule has 1 aromatic carbocycles. The summed E-state index contributed by atoms with van der Waals surface area (Å²) < 4.78 is 0. The minimum atomic E-state index is 0.392. The minimum Gasteiger partial charge on any atom is -0.507 e. The van der Waals surface area contributed by atoms with Crippen molar-refractivity contribution in [2.75, 3.05) is 20.1 Å². The largest absolute Gasteiger partial charge is 0.507 e. The van der Waals surface area contributed by atoms with Gasteiger partial charge in [-0.15, -0.1) is 0 Å². The minimum absolute atomic E-state index is 0.392. The zero-order valence-electron chi connectivity index (χ0n) is 9.40. The second-order valence-electron chi connectivity index (χ2n) is 4.69. The molecule has 0 spiro atoms. The van der Waals surface area contributed by atoms with Crippen LogP contribution in [-0.2, 0) is 0 Å². The van der Waals surface area contributed by atoms with Gasteiger partial charge in [0.25, 0.3) is 0 Å². The smallest absolute Gasteiger partial charge is 0.125 e. The van der Waals surface area contributed by atoms with Gasteiger partial charge in [0, 0.05) is 29.6 Å². The van der Waals surface area contributed by atoms with Gasteiger partial charge in [0.15, 0.2) is 0 Å². The average Bonchev–Trinajstić information content (AvgIpc) is 2.84. The van der Waals surface area contributed by atoms with E-state index in [1.165, 1.54) is 12.0 Å². The number of likely N-dealkylation sites (tertiary alicyclic amines) is 1. The highest BCUT2D eigenvalue weighted by atomic mass is 16.3. The van der Waals surface area contributed by atoms with Gasteiger partial charge in [0.05, 0.1) is 0 Å². The summed E-state index contributed by atoms with van der Waals surface area (Å²) in [6.07, 6.45) is 3.23. The summed E-state index contributed by atoms with van der Waals surface area (Å²) in [5, 5.41) is 10.9. The SMILES string of the molecule is CN1CC[C@@H](c2c[nH]c3cccc(O)c23)C1. The number of phenols is 1. The maximum atomic E-state index is 9.93. The molecule has 0 saturated carbocycles. The summed E-state index contributed by atoms with van der Waals surface area (Å²) in [6, 6.07) is 5.65. The lowest BCUT2D eigenvalue weighted by atomic mass is 9.97. The highest BCUT2D eigenvalue weighted by molar-refractivity contribution is 5.89. The molecule has 1 atom stereocenters. The topological polar surface area (TPSA) is 39.3 Å². The average molecular weight is 216 g/mol. The molecular formula is C13H16N2O. The number of H-pyrrole nitrogens is 1. The number of rotatable bonds is 1. The van der Waals surface area contributed by atoms with Crippen molar-refractivity contribution >= 4 is 10.9 Å². The molecule has 1 aliphatic rings. The summed E-state index contributed by atoms with van der Waals surface area (Å²) in [5.41, 5.74) is 2.29. The van der Waals surface area contributed by atoms with Crippen LogP contribution in [0.5, 0.6) is 5.75 Å². The van der Waals surface area contributed by atoms with E-state index in [4.69, 9.17) is 0 Å². The Morgan fingerprint density at radius 3 is 3.06 bits per heavy atom. The van der Waals surface area contributed by atoms with E-state index in [-0.39, 0.29) is 0 Å². The fourth-order valence-corrected chi connectivity index (χ4v) is 2.70. The predicted octanol–water partition coefficient (Wildman–Crippen LogP) is 2.29. The molecule has 84 valence electrons. The Morgan fingerprint density at radius 2 is 2.31 bits per heavy atom. The fraction of sp³-hybridized carbons (Fsp3) is 0.385. The first kappa shape index (κ1) is 9.73. The van der Waals surface area contributed by atoms with Gasteiger partial charge < -0.3 is 15.0 Å². The number of nitrogens with one attached hydrogen (secondary N) is 1. The maximum absolute atomic E-state index is 9.93. The van der Waals surface area contributed by atoms with E-state index in [0.29, 0.717) is 11.7 Å². The highest BCUT2D eigenvalue weighted by Crippen LogP contribution is 2.36. The molecular weight excluding hydrogens is 200 g/mol. The molecule has 3 nitrogen and oxygen atoms in total. The van der Waals surface area contributed by atoms with Crippen molar-refractivity contribution in [2.45, 2.75) is 12.3 Å². The van der Waals surface area contributed by atoms with Crippen LogP contribution in [0.1, 0.15) is 17.9 Å². The molecule has 3 heteroatoms. The molecule has 0 unspecified atom stereocenters. The van der Waals surface area contributed by atoms with E-state index < -0.39 is 0 Å². The van der Waals surface area contributed by atoms with Crippen LogP contribution in [0.25, 0.3) is 10.9 Å². The van der Waals surface area contributed by atoms with Crippen molar-refractivity contribution in [3.63, 3.8) is 0 Å². The lowest BCUT2D eigenvalue weighted by molar-refractivity contribution is 0.411. The fourth-order valence-electron chi connectivity index (χ4n) is 2.70. The van der Waals surface area contributed by atoms with E-state index in [1.807, 2.05) is 18.3 Å². The number of nitrogens with zero attached hydrogens (tertiary/aromatic N) is 1. The van der Waals surface area contributed by atoms with Crippen LogP contribution in [0.15, 0.2) is 24.4 Å². The molecule has 1 saturated heterocycles. The quantitative estimate of drug-likeness (QED) is 0.767. The number of hydrogen-bond acceptors (Lipinski definition) is 2. The molecule has 0 amide bonds. The molecule has 2 heterocycles. The highest BCUT2D eigenvalue weighted by Gasteiger charge is 2.24. The molecule has 16 heavy (non-hydrogen) atoms. The van der Waals surface area contributed by atoms with Gasteiger partial charge in [-0.2, -0.15) is 0 Å². The van der Waals surface area contributed by atoms with Crippen molar-refractivity contribution in [3.8, 4) is 5.75 Å². The molecule has 0 radical (unpaired) electrons. The number of phenolic OH excluding ortho intramolecular Hbond substituents is 1. The van der Waals surface area contributed by atoms with Gasteiger partial charge >= 0.3 is 0 Å². The second kappa shape index (κ2) is 3.52. The van der Waals surface area contributed by atoms with Crippen LogP contribution in [0.2, 0.25) is 0 Å². The third kappa shape index (κ3) is 1.39. The van der Waals surface area contributed by atoms with Crippen molar-refractivity contribution in [1.82, 2.24) is 9.88 Å². The Balaban J connectivity index is 2.10. The van der Waals surface area contributed by atoms with Crippen LogP contribution >= 0.6 is 0 Å². The Labute approximate surface area is 94.7 Å². The molecule has 1 aliphatic heterocycles. The van der Waals surface area contributed by atoms with Crippen molar-refractivity contribution in [2.24, 2.45) is 0 Å². The zero-order chi connectivity index (χ0) is 11.1. The van der Waals surface area contributed by atoms with Crippen molar-refractivity contribution in [3.05, 3.63) is 30.0 Å². The van der Waals surface area contributed by atoms with Crippen LogP contribution in [0.3, 0.4) is 0 Å². The Kier molecular flexibility index (Phi) is 2.14. The van der Waals surface area contributed by atoms with Gasteiger partial charge in [0.2, 0.25) is 0 Å². The number of benzene rings is 1. The van der Waals surface area contributed by atoms with E-state index in [0.717, 1.165) is 24.0 Å². The monoisotopic (exact) mass is 216 g/mol. The van der Waals surface area contributed by atoms with Gasteiger partial charge in [-0.25, -0.2) is 0 Å². The van der Waals surface area contributed by atoms with Gasteiger partial charge in [-0.3, -0.25) is 0 Å². The van der Waals surface area contributed by atoms with Crippen LogP contribution in [0, 0.1) is 0 Å². The lowest BCUT2D eigenvalue weighted by Gasteiger charge is -2.09. The molecule has 1 aromatic heterocycles. The number of aromatic hydroxyl groups is 1. The number of likely N-dealkylation sites (N-methyl/N-ethyl adjacent to an activating group) is 1. The Morgan fingerprint density at radius 1 is 1.44 bits per heavy atom. The molecule has 1 fully saturated rings. The number of hydrogen-bond donors (Lipinski definition) is 2. The lowest BCUT2D eigenvalue weighted by Crippen LogP contribution is -2.13. The van der Waals surface area contributed by atoms with E-state index in [1.54, 1.807) is 6.07 Å². The number of fused-ring (bicyclic) bond motifs is 1. The van der Waals surface area contributed by atoms with Crippen LogP contribution in [-0.4, -0.2) is 35.1 Å². The summed E-state index contributed by atoms with van der Waals surface area (Å²) in [5.74, 6) is 0.940. The third-order valence-corrected chi connectivity index (χ3v) is 3.55. The molecule has 0 aliphatic carbocycles. The van der Waals surface area contributed by atoms with Gasteiger partial charge in [-0.1, -0.05) is 6.07 Å². The first-order chi connectivity index (χ1) is 7.75. The summed E-state index contributed by atoms with van der Waals surface area (Å²) in [6.45, 7) is 2.23. The van der Waals surface area contributed by atoms with E-state index >= 15 is 0 Å². The second-order valence-corrected chi connectivity index (χ2v) is 4.69. The van der Waals surface area contributed by atoms with Crippen LogP contribution < -0.4 is 0 Å². The zero-order valence-corrected chi connectivity index (χ0v) is 9.40. The normalized spacial score (nSPS) is 21.9. The van der Waals surface area contributed by atoms with Gasteiger partial charge in [0.1, 0.15) is 5.75 Å². The van der Waals surface area contributed by atoms with E-state index in [9.17, 15) is 5.11 Å². The molecule has 2 aromatic rings. The first-order valence-corrected chi connectivity index (χ1v) is 5.73. The molecule has 3 rings (SSSR count). The third-order valence-electron chi connectivity index (χ3n) is 3.55. The first-order valence-electron chi connectivity index (χ1n) is 5.73. The van der Waals surface area contributed by atoms with Crippen LogP contribution in [0.4, 0.5) is 0 Å². The van der Waals surface area contributed by atoms with Crippen molar-refractivity contribution < 1.29 is 5.11 Å². The Bertz CT molecular complexity index is 518. The number of aromatic nitrogens is 1. The predicted molar refractivity (Wildman–Crippen MR) is 64.8 cm³/mol. The summed E-state index contributed by atoms with van der Waals surface area (Å²) in [7, 11) is 2.15. The summed E-state index contributed by atoms with van der Waals surface area (Å²) >= 11 is 0. The molecule has 2 N–H and O–H groups in total. The molecule has 0 bridgehead atoms. The number of aromatic amines is 1.